The van der Waals surface area contributed by atoms with Gasteiger partial charge < -0.3 is 10.0 Å². The number of aliphatic hydroxyl groups is 1. The summed E-state index contributed by atoms with van der Waals surface area (Å²) in [5.41, 5.74) is 0.00171. The van der Waals surface area contributed by atoms with Gasteiger partial charge in [0.1, 0.15) is 5.88 Å². The molecular weight excluding hydrogens is 202 g/mol. The minimum Gasteiger partial charge on any atom is -0.396 e. The molecule has 0 aromatic carbocycles. The van der Waals surface area contributed by atoms with Crippen molar-refractivity contribution in [2.45, 2.75) is 31.7 Å². The highest BCUT2D eigenvalue weighted by atomic mass is 35.5. The Bertz CT molecular complexity index is 246. The molecule has 14 heavy (non-hydrogen) atoms. The van der Waals surface area contributed by atoms with Crippen molar-refractivity contribution in [3.05, 3.63) is 0 Å². The minimum atomic E-state index is 0.00171. The summed E-state index contributed by atoms with van der Waals surface area (Å²) < 4.78 is 0. The lowest BCUT2D eigenvalue weighted by Gasteiger charge is -2.30. The first-order valence-corrected chi connectivity index (χ1v) is 5.73. The molecule has 1 heterocycles. The van der Waals surface area contributed by atoms with Crippen LogP contribution in [0.2, 0.25) is 0 Å². The van der Waals surface area contributed by atoms with E-state index in [1.54, 1.807) is 0 Å². The summed E-state index contributed by atoms with van der Waals surface area (Å²) in [6.07, 6.45) is 4.15. The Labute approximate surface area is 89.0 Å². The van der Waals surface area contributed by atoms with Crippen LogP contribution in [0.3, 0.4) is 0 Å². The molecule has 2 aliphatic rings. The molecule has 4 heteroatoms. The summed E-state index contributed by atoms with van der Waals surface area (Å²) in [7, 11) is 0. The minimum absolute atomic E-state index is 0.00171. The van der Waals surface area contributed by atoms with Crippen molar-refractivity contribution in [2.24, 2.45) is 5.41 Å². The third-order valence-corrected chi connectivity index (χ3v) is 4.06. The van der Waals surface area contributed by atoms with Gasteiger partial charge in [0.2, 0.25) is 5.91 Å². The molecular formula is C10H16ClNO2. The third-order valence-electron chi connectivity index (χ3n) is 3.84. The van der Waals surface area contributed by atoms with E-state index in [1.165, 1.54) is 0 Å². The number of hydrogen-bond acceptors (Lipinski definition) is 2. The van der Waals surface area contributed by atoms with Gasteiger partial charge in [-0.25, -0.2) is 0 Å². The molecule has 0 aromatic rings. The standard InChI is InChI=1S/C10H16ClNO2/c11-6-9(14)12-5-4-10(7-13)3-1-2-8(10)12/h8,13H,1-7H2. The van der Waals surface area contributed by atoms with Crippen LogP contribution in [0, 0.1) is 5.41 Å². The number of hydrogen-bond donors (Lipinski definition) is 1. The number of fused-ring (bicyclic) bond motifs is 1. The average Bonchev–Trinajstić information content (AvgIpc) is 2.74. The number of alkyl halides is 1. The van der Waals surface area contributed by atoms with Gasteiger partial charge in [0.15, 0.2) is 0 Å². The summed E-state index contributed by atoms with van der Waals surface area (Å²) in [6, 6.07) is 0.249. The lowest BCUT2D eigenvalue weighted by Crippen LogP contribution is -2.41. The number of carbonyl (C=O) groups is 1. The van der Waals surface area contributed by atoms with Crippen molar-refractivity contribution < 1.29 is 9.90 Å². The molecule has 0 radical (unpaired) electrons. The third kappa shape index (κ3) is 1.34. The molecule has 0 spiro atoms. The molecule has 1 saturated heterocycles. The van der Waals surface area contributed by atoms with E-state index in [1.807, 2.05) is 4.90 Å². The van der Waals surface area contributed by atoms with E-state index in [0.29, 0.717) is 0 Å². The zero-order valence-electron chi connectivity index (χ0n) is 8.21. The van der Waals surface area contributed by atoms with Gasteiger partial charge in [0, 0.05) is 18.0 Å². The van der Waals surface area contributed by atoms with Gasteiger partial charge in [-0.05, 0) is 19.3 Å². The Morgan fingerprint density at radius 1 is 1.57 bits per heavy atom. The average molecular weight is 218 g/mol. The highest BCUT2D eigenvalue weighted by Gasteiger charge is 2.50. The van der Waals surface area contributed by atoms with Crippen LogP contribution in [0.1, 0.15) is 25.7 Å². The predicted molar refractivity (Wildman–Crippen MR) is 54.2 cm³/mol. The molecule has 1 N–H and O–H groups in total. The van der Waals surface area contributed by atoms with Gasteiger partial charge in [0.25, 0.3) is 0 Å². The topological polar surface area (TPSA) is 40.5 Å². The lowest BCUT2D eigenvalue weighted by atomic mass is 9.83. The summed E-state index contributed by atoms with van der Waals surface area (Å²) in [5, 5.41) is 9.43. The largest absolute Gasteiger partial charge is 0.396 e. The van der Waals surface area contributed by atoms with Gasteiger partial charge >= 0.3 is 0 Å². The highest BCUT2D eigenvalue weighted by molar-refractivity contribution is 6.27. The number of aliphatic hydroxyl groups excluding tert-OH is 1. The Balaban J connectivity index is 2.15. The van der Waals surface area contributed by atoms with Crippen LogP contribution in [-0.4, -0.2) is 41.0 Å². The van der Waals surface area contributed by atoms with E-state index in [9.17, 15) is 9.90 Å². The number of carbonyl (C=O) groups excluding carboxylic acids is 1. The van der Waals surface area contributed by atoms with Gasteiger partial charge in [0.05, 0.1) is 6.61 Å². The number of nitrogens with zero attached hydrogens (tertiary/aromatic N) is 1. The molecule has 1 aliphatic heterocycles. The second-order valence-corrected chi connectivity index (χ2v) is 4.67. The Hall–Kier alpha value is -0.280. The second-order valence-electron chi connectivity index (χ2n) is 4.40. The van der Waals surface area contributed by atoms with Crippen LogP contribution in [-0.2, 0) is 4.79 Å². The Kier molecular flexibility index (Phi) is 2.71. The molecule has 2 rings (SSSR count). The molecule has 0 bridgehead atoms. The van der Waals surface area contributed by atoms with Crippen molar-refractivity contribution in [1.82, 2.24) is 4.90 Å². The van der Waals surface area contributed by atoms with Crippen LogP contribution < -0.4 is 0 Å². The fourth-order valence-electron chi connectivity index (χ4n) is 3.04. The molecule has 3 nitrogen and oxygen atoms in total. The molecule has 2 atom stereocenters. The zero-order chi connectivity index (χ0) is 10.2. The Morgan fingerprint density at radius 3 is 3.00 bits per heavy atom. The summed E-state index contributed by atoms with van der Waals surface area (Å²) in [6.45, 7) is 0.987. The fraction of sp³-hybridized carbons (Fsp3) is 0.900. The van der Waals surface area contributed by atoms with Crippen LogP contribution in [0.25, 0.3) is 0 Å². The Morgan fingerprint density at radius 2 is 2.36 bits per heavy atom. The lowest BCUT2D eigenvalue weighted by molar-refractivity contribution is -0.130. The molecule has 1 saturated carbocycles. The first kappa shape index (κ1) is 10.2. The van der Waals surface area contributed by atoms with Crippen molar-refractivity contribution >= 4 is 17.5 Å². The van der Waals surface area contributed by atoms with E-state index in [4.69, 9.17) is 11.6 Å². The number of halogens is 1. The van der Waals surface area contributed by atoms with E-state index < -0.39 is 0 Å². The normalized spacial score (nSPS) is 36.1. The quantitative estimate of drug-likeness (QED) is 0.701. The first-order valence-electron chi connectivity index (χ1n) is 5.20. The van der Waals surface area contributed by atoms with E-state index in [0.717, 1.165) is 32.2 Å². The maximum atomic E-state index is 11.5. The van der Waals surface area contributed by atoms with Crippen molar-refractivity contribution in [3.8, 4) is 0 Å². The van der Waals surface area contributed by atoms with Crippen molar-refractivity contribution in [2.75, 3.05) is 19.0 Å². The smallest absolute Gasteiger partial charge is 0.237 e. The second kappa shape index (κ2) is 3.70. The molecule has 2 fully saturated rings. The maximum Gasteiger partial charge on any atom is 0.237 e. The number of likely N-dealkylation sites (tertiary alicyclic amines) is 1. The molecule has 0 aromatic heterocycles. The molecule has 2 unspecified atom stereocenters. The van der Waals surface area contributed by atoms with Gasteiger partial charge in [-0.2, -0.15) is 0 Å². The van der Waals surface area contributed by atoms with Crippen LogP contribution in [0.15, 0.2) is 0 Å². The molecule has 1 amide bonds. The first-order chi connectivity index (χ1) is 6.73. The zero-order valence-corrected chi connectivity index (χ0v) is 8.96. The van der Waals surface area contributed by atoms with Gasteiger partial charge in [-0.15, -0.1) is 11.6 Å². The number of amides is 1. The van der Waals surface area contributed by atoms with E-state index in [-0.39, 0.29) is 29.9 Å². The van der Waals surface area contributed by atoms with Crippen LogP contribution >= 0.6 is 11.6 Å². The SMILES string of the molecule is O=C(CCl)N1CCC2(CO)CCCC12. The fourth-order valence-corrected chi connectivity index (χ4v) is 3.19. The highest BCUT2D eigenvalue weighted by Crippen LogP contribution is 2.48. The van der Waals surface area contributed by atoms with Crippen molar-refractivity contribution in [1.29, 1.82) is 0 Å². The van der Waals surface area contributed by atoms with Crippen molar-refractivity contribution in [3.63, 3.8) is 0 Å². The van der Waals surface area contributed by atoms with E-state index in [2.05, 4.69) is 0 Å². The monoisotopic (exact) mass is 217 g/mol. The molecule has 80 valence electrons. The van der Waals surface area contributed by atoms with Gasteiger partial charge in [-0.3, -0.25) is 4.79 Å². The number of rotatable bonds is 2. The van der Waals surface area contributed by atoms with E-state index >= 15 is 0 Å². The predicted octanol–water partition coefficient (Wildman–Crippen LogP) is 0.989. The van der Waals surface area contributed by atoms with Gasteiger partial charge in [-0.1, -0.05) is 6.42 Å². The van der Waals surface area contributed by atoms with Crippen LogP contribution in [0.5, 0.6) is 0 Å². The maximum absolute atomic E-state index is 11.5. The molecule has 1 aliphatic carbocycles. The summed E-state index contributed by atoms with van der Waals surface area (Å²) in [4.78, 5) is 13.4. The summed E-state index contributed by atoms with van der Waals surface area (Å²) >= 11 is 5.56. The van der Waals surface area contributed by atoms with Crippen LogP contribution in [0.4, 0.5) is 0 Å². The summed E-state index contributed by atoms with van der Waals surface area (Å²) in [5.74, 6) is 0.0896.